The Morgan fingerprint density at radius 3 is 2.82 bits per heavy atom. The average molecular weight is 377 g/mol. The summed E-state index contributed by atoms with van der Waals surface area (Å²) >= 11 is 0. The van der Waals surface area contributed by atoms with Gasteiger partial charge in [-0.3, -0.25) is 19.6 Å². The van der Waals surface area contributed by atoms with Gasteiger partial charge in [0.2, 0.25) is 11.8 Å². The molecular weight excluding hydrogens is 354 g/mol. The fraction of sp³-hybridized carbons (Fsp3) is 0.381. The molecule has 0 aliphatic carbocycles. The van der Waals surface area contributed by atoms with Crippen LogP contribution in [0.25, 0.3) is 11.3 Å². The van der Waals surface area contributed by atoms with Crippen molar-refractivity contribution in [3.8, 4) is 11.3 Å². The summed E-state index contributed by atoms with van der Waals surface area (Å²) in [4.78, 5) is 34.2. The normalized spacial score (nSPS) is 19.3. The Morgan fingerprint density at radius 2 is 2.04 bits per heavy atom. The van der Waals surface area contributed by atoms with Crippen LogP contribution in [0.3, 0.4) is 0 Å². The van der Waals surface area contributed by atoms with Gasteiger partial charge in [0, 0.05) is 61.7 Å². The van der Waals surface area contributed by atoms with Crippen LogP contribution in [0.2, 0.25) is 0 Å². The molecule has 2 aromatic rings. The van der Waals surface area contributed by atoms with Gasteiger partial charge >= 0.3 is 0 Å². The number of likely N-dealkylation sites (tertiary alicyclic amines) is 1. The first-order valence-corrected chi connectivity index (χ1v) is 9.67. The van der Waals surface area contributed by atoms with Crippen molar-refractivity contribution in [1.29, 1.82) is 0 Å². The summed E-state index contributed by atoms with van der Waals surface area (Å²) in [6, 6.07) is 8.07. The molecule has 7 heteroatoms. The Morgan fingerprint density at radius 1 is 1.18 bits per heavy atom. The minimum Gasteiger partial charge on any atom is -0.342 e. The molecule has 4 rings (SSSR count). The molecular formula is C21H23N5O2. The molecule has 0 spiro atoms. The third-order valence-electron chi connectivity index (χ3n) is 5.38. The van der Waals surface area contributed by atoms with E-state index in [1.54, 1.807) is 12.4 Å². The number of rotatable bonds is 5. The van der Waals surface area contributed by atoms with E-state index in [0.717, 1.165) is 36.5 Å². The van der Waals surface area contributed by atoms with Gasteiger partial charge in [0.1, 0.15) is 0 Å². The Labute approximate surface area is 163 Å². The number of pyridine rings is 2. The molecule has 0 radical (unpaired) electrons. The molecule has 4 heterocycles. The van der Waals surface area contributed by atoms with Crippen molar-refractivity contribution >= 4 is 17.5 Å². The van der Waals surface area contributed by atoms with Crippen molar-refractivity contribution in [2.24, 2.45) is 5.10 Å². The lowest BCUT2D eigenvalue weighted by molar-refractivity contribution is -0.130. The van der Waals surface area contributed by atoms with Crippen molar-refractivity contribution in [3.05, 3.63) is 48.4 Å². The van der Waals surface area contributed by atoms with E-state index >= 15 is 0 Å². The van der Waals surface area contributed by atoms with Gasteiger partial charge in [-0.2, -0.15) is 5.10 Å². The molecule has 0 saturated carbocycles. The largest absolute Gasteiger partial charge is 0.342 e. The van der Waals surface area contributed by atoms with Gasteiger partial charge in [-0.05, 0) is 49.1 Å². The van der Waals surface area contributed by atoms with E-state index in [1.165, 1.54) is 5.56 Å². The number of nitrogens with one attached hydrogen (secondary N) is 1. The van der Waals surface area contributed by atoms with Crippen LogP contribution in [-0.2, 0) is 9.59 Å². The number of aromatic nitrogens is 2. The molecule has 1 atom stereocenters. The van der Waals surface area contributed by atoms with Crippen LogP contribution in [0.15, 0.2) is 48.0 Å². The Hall–Kier alpha value is -3.09. The molecule has 2 aliphatic heterocycles. The maximum absolute atomic E-state index is 12.6. The SMILES string of the molecule is O=C1CCC(CCC(=O)N2CCC(c3ccnc(-c4ccncc4)c3)C2)=NN1. The molecule has 1 fully saturated rings. The molecule has 1 unspecified atom stereocenters. The van der Waals surface area contributed by atoms with E-state index in [2.05, 4.69) is 26.6 Å². The highest BCUT2D eigenvalue weighted by molar-refractivity contribution is 5.94. The van der Waals surface area contributed by atoms with Crippen LogP contribution < -0.4 is 5.43 Å². The highest BCUT2D eigenvalue weighted by atomic mass is 16.2. The Bertz CT molecular complexity index is 897. The second-order valence-electron chi connectivity index (χ2n) is 7.25. The van der Waals surface area contributed by atoms with E-state index in [0.29, 0.717) is 31.6 Å². The van der Waals surface area contributed by atoms with E-state index in [-0.39, 0.29) is 11.8 Å². The quantitative estimate of drug-likeness (QED) is 0.867. The zero-order valence-electron chi connectivity index (χ0n) is 15.7. The molecule has 2 aromatic heterocycles. The maximum Gasteiger partial charge on any atom is 0.240 e. The highest BCUT2D eigenvalue weighted by Crippen LogP contribution is 2.29. The van der Waals surface area contributed by atoms with Crippen LogP contribution in [-0.4, -0.2) is 45.5 Å². The lowest BCUT2D eigenvalue weighted by atomic mass is 9.97. The molecule has 1 saturated heterocycles. The Balaban J connectivity index is 1.35. The monoisotopic (exact) mass is 377 g/mol. The molecule has 144 valence electrons. The summed E-state index contributed by atoms with van der Waals surface area (Å²) in [5, 5.41) is 4.05. The zero-order chi connectivity index (χ0) is 19.3. The number of hydrogen-bond donors (Lipinski definition) is 1. The van der Waals surface area contributed by atoms with Crippen molar-refractivity contribution in [1.82, 2.24) is 20.3 Å². The number of carbonyl (C=O) groups is 2. The van der Waals surface area contributed by atoms with Gasteiger partial charge < -0.3 is 4.90 Å². The number of hydrogen-bond acceptors (Lipinski definition) is 5. The topological polar surface area (TPSA) is 87.6 Å². The highest BCUT2D eigenvalue weighted by Gasteiger charge is 2.27. The standard InChI is InChI=1S/C21H23N5O2/c27-20-3-1-18(24-25-20)2-4-21(28)26-12-8-17(14-26)16-7-11-23-19(13-16)15-5-9-22-10-6-15/h5-7,9-11,13,17H,1-4,8,12,14H2,(H,25,27). The van der Waals surface area contributed by atoms with Crippen LogP contribution >= 0.6 is 0 Å². The number of amides is 2. The predicted molar refractivity (Wildman–Crippen MR) is 105 cm³/mol. The van der Waals surface area contributed by atoms with Gasteiger partial charge in [0.25, 0.3) is 0 Å². The van der Waals surface area contributed by atoms with Crippen LogP contribution in [0, 0.1) is 0 Å². The Kier molecular flexibility index (Phi) is 5.41. The minimum absolute atomic E-state index is 0.0547. The second kappa shape index (κ2) is 8.29. The third-order valence-corrected chi connectivity index (χ3v) is 5.38. The lowest BCUT2D eigenvalue weighted by Gasteiger charge is -2.18. The van der Waals surface area contributed by atoms with Gasteiger partial charge in [0.05, 0.1) is 5.69 Å². The van der Waals surface area contributed by atoms with Crippen LogP contribution in [0.4, 0.5) is 0 Å². The average Bonchev–Trinajstić information content (AvgIpc) is 3.24. The molecule has 2 aliphatic rings. The van der Waals surface area contributed by atoms with Gasteiger partial charge in [-0.15, -0.1) is 0 Å². The van der Waals surface area contributed by atoms with E-state index in [4.69, 9.17) is 0 Å². The first kappa shape index (κ1) is 18.3. The van der Waals surface area contributed by atoms with Crippen LogP contribution in [0.1, 0.15) is 43.6 Å². The first-order valence-electron chi connectivity index (χ1n) is 9.67. The summed E-state index contributed by atoms with van der Waals surface area (Å²) < 4.78 is 0. The maximum atomic E-state index is 12.6. The fourth-order valence-electron chi connectivity index (χ4n) is 3.74. The van der Waals surface area contributed by atoms with Crippen LogP contribution in [0.5, 0.6) is 0 Å². The first-order chi connectivity index (χ1) is 13.7. The molecule has 0 bridgehead atoms. The molecule has 0 aromatic carbocycles. The van der Waals surface area contributed by atoms with E-state index < -0.39 is 0 Å². The van der Waals surface area contributed by atoms with E-state index in [9.17, 15) is 9.59 Å². The summed E-state index contributed by atoms with van der Waals surface area (Å²) in [6.07, 6.45) is 8.50. The van der Waals surface area contributed by atoms with Gasteiger partial charge in [-0.1, -0.05) is 0 Å². The molecule has 7 nitrogen and oxygen atoms in total. The number of nitrogens with zero attached hydrogens (tertiary/aromatic N) is 4. The van der Waals surface area contributed by atoms with Crippen molar-refractivity contribution in [3.63, 3.8) is 0 Å². The second-order valence-corrected chi connectivity index (χ2v) is 7.25. The predicted octanol–water partition coefficient (Wildman–Crippen LogP) is 2.51. The lowest BCUT2D eigenvalue weighted by Crippen LogP contribution is -2.30. The summed E-state index contributed by atoms with van der Waals surface area (Å²) in [7, 11) is 0. The number of hydrazone groups is 1. The van der Waals surface area contributed by atoms with Gasteiger partial charge in [-0.25, -0.2) is 5.43 Å². The smallest absolute Gasteiger partial charge is 0.240 e. The summed E-state index contributed by atoms with van der Waals surface area (Å²) in [5.41, 5.74) is 6.59. The van der Waals surface area contributed by atoms with Crippen molar-refractivity contribution < 1.29 is 9.59 Å². The molecule has 2 amide bonds. The zero-order valence-corrected chi connectivity index (χ0v) is 15.7. The third kappa shape index (κ3) is 4.24. The summed E-state index contributed by atoms with van der Waals surface area (Å²) in [5.74, 6) is 0.435. The van der Waals surface area contributed by atoms with Crippen molar-refractivity contribution in [2.45, 2.75) is 38.0 Å². The fourth-order valence-corrected chi connectivity index (χ4v) is 3.74. The molecule has 28 heavy (non-hydrogen) atoms. The number of carbonyl (C=O) groups excluding carboxylic acids is 2. The summed E-state index contributed by atoms with van der Waals surface area (Å²) in [6.45, 7) is 1.52. The minimum atomic E-state index is -0.0547. The van der Waals surface area contributed by atoms with E-state index in [1.807, 2.05) is 29.3 Å². The van der Waals surface area contributed by atoms with Crippen molar-refractivity contribution in [2.75, 3.05) is 13.1 Å². The molecule has 1 N–H and O–H groups in total. The van der Waals surface area contributed by atoms with Gasteiger partial charge in [0.15, 0.2) is 0 Å².